The fraction of sp³-hybridized carbons (Fsp3) is 0.733. The Bertz CT molecular complexity index is 361. The molecule has 0 amide bonds. The van der Waals surface area contributed by atoms with Gasteiger partial charge in [-0.15, -0.1) is 11.3 Å². The molecule has 0 aromatic carbocycles. The van der Waals surface area contributed by atoms with Crippen LogP contribution in [0.15, 0.2) is 15.9 Å². The van der Waals surface area contributed by atoms with E-state index in [2.05, 4.69) is 46.5 Å². The van der Waals surface area contributed by atoms with Crippen LogP contribution < -0.4 is 5.32 Å². The zero-order valence-corrected chi connectivity index (χ0v) is 13.8. The predicted octanol–water partition coefficient (Wildman–Crippen LogP) is 4.72. The van der Waals surface area contributed by atoms with E-state index < -0.39 is 0 Å². The van der Waals surface area contributed by atoms with Gasteiger partial charge in [-0.25, -0.2) is 0 Å². The Morgan fingerprint density at radius 2 is 2.22 bits per heavy atom. The predicted molar refractivity (Wildman–Crippen MR) is 84.3 cm³/mol. The molecule has 1 saturated carbocycles. The summed E-state index contributed by atoms with van der Waals surface area (Å²) in [6.07, 6.45) is 5.51. The lowest BCUT2D eigenvalue weighted by molar-refractivity contribution is 0.185. The van der Waals surface area contributed by atoms with Crippen molar-refractivity contribution in [3.63, 3.8) is 0 Å². The van der Waals surface area contributed by atoms with Gasteiger partial charge in [-0.1, -0.05) is 20.3 Å². The van der Waals surface area contributed by atoms with E-state index in [1.54, 1.807) is 4.88 Å². The molecule has 0 saturated heterocycles. The Hall–Kier alpha value is 0.140. The number of halogens is 1. The second-order valence-corrected chi connectivity index (χ2v) is 7.59. The Kier molecular flexibility index (Phi) is 5.71. The fourth-order valence-corrected chi connectivity index (χ4v) is 4.67. The van der Waals surface area contributed by atoms with Gasteiger partial charge in [-0.2, -0.15) is 0 Å². The summed E-state index contributed by atoms with van der Waals surface area (Å²) in [5, 5.41) is 5.76. The van der Waals surface area contributed by atoms with E-state index in [4.69, 9.17) is 0 Å². The summed E-state index contributed by atoms with van der Waals surface area (Å²) in [6.45, 7) is 6.93. The van der Waals surface area contributed by atoms with Gasteiger partial charge in [0.2, 0.25) is 0 Å². The molecule has 1 heterocycles. The van der Waals surface area contributed by atoms with Gasteiger partial charge in [0.15, 0.2) is 0 Å². The molecule has 0 bridgehead atoms. The van der Waals surface area contributed by atoms with Crippen LogP contribution in [0, 0.1) is 17.8 Å². The van der Waals surface area contributed by atoms with Gasteiger partial charge in [0.1, 0.15) is 0 Å². The molecule has 0 radical (unpaired) electrons. The lowest BCUT2D eigenvalue weighted by atomic mass is 9.73. The van der Waals surface area contributed by atoms with Gasteiger partial charge in [0.25, 0.3) is 0 Å². The van der Waals surface area contributed by atoms with E-state index >= 15 is 0 Å². The van der Waals surface area contributed by atoms with Crippen molar-refractivity contribution in [1.82, 2.24) is 5.32 Å². The highest BCUT2D eigenvalue weighted by atomic mass is 79.9. The Morgan fingerprint density at radius 3 is 2.89 bits per heavy atom. The molecule has 18 heavy (non-hydrogen) atoms. The monoisotopic (exact) mass is 329 g/mol. The largest absolute Gasteiger partial charge is 0.317 e. The Balaban J connectivity index is 1.96. The molecule has 3 atom stereocenters. The quantitative estimate of drug-likeness (QED) is 0.824. The highest BCUT2D eigenvalue weighted by molar-refractivity contribution is 9.10. The SMILES string of the molecule is CCNCC1CCC(C)CC1Cc1cc(Br)cs1. The zero-order chi connectivity index (χ0) is 13.0. The fourth-order valence-electron chi connectivity index (χ4n) is 3.13. The summed E-state index contributed by atoms with van der Waals surface area (Å²) in [4.78, 5) is 1.54. The Morgan fingerprint density at radius 1 is 1.39 bits per heavy atom. The van der Waals surface area contributed by atoms with Gasteiger partial charge < -0.3 is 5.32 Å². The van der Waals surface area contributed by atoms with Gasteiger partial charge >= 0.3 is 0 Å². The minimum atomic E-state index is 0.873. The van der Waals surface area contributed by atoms with Crippen LogP contribution in [0.5, 0.6) is 0 Å². The lowest BCUT2D eigenvalue weighted by Crippen LogP contribution is -2.33. The molecule has 1 aromatic heterocycles. The second kappa shape index (κ2) is 7.06. The summed E-state index contributed by atoms with van der Waals surface area (Å²) in [5.41, 5.74) is 0. The first-order valence-electron chi connectivity index (χ1n) is 7.12. The average Bonchev–Trinajstić information content (AvgIpc) is 2.74. The number of rotatable bonds is 5. The number of hydrogen-bond donors (Lipinski definition) is 1. The maximum absolute atomic E-state index is 3.56. The summed E-state index contributed by atoms with van der Waals surface area (Å²) in [5.74, 6) is 2.66. The van der Waals surface area contributed by atoms with Gasteiger partial charge in [-0.05, 0) is 72.1 Å². The van der Waals surface area contributed by atoms with Crippen LogP contribution >= 0.6 is 27.3 Å². The van der Waals surface area contributed by atoms with Crippen molar-refractivity contribution in [2.75, 3.05) is 13.1 Å². The maximum atomic E-state index is 3.56. The summed E-state index contributed by atoms with van der Waals surface area (Å²) in [6, 6.07) is 2.30. The van der Waals surface area contributed by atoms with Crippen LogP contribution in [0.4, 0.5) is 0 Å². The molecule has 3 unspecified atom stereocenters. The highest BCUT2D eigenvalue weighted by Gasteiger charge is 2.28. The normalized spacial score (nSPS) is 28.5. The highest BCUT2D eigenvalue weighted by Crippen LogP contribution is 2.36. The minimum absolute atomic E-state index is 0.873. The van der Waals surface area contributed by atoms with E-state index in [-0.39, 0.29) is 0 Å². The van der Waals surface area contributed by atoms with E-state index in [9.17, 15) is 0 Å². The molecular weight excluding hydrogens is 306 g/mol. The van der Waals surface area contributed by atoms with E-state index in [0.29, 0.717) is 0 Å². The molecule has 1 aliphatic carbocycles. The molecule has 1 N–H and O–H groups in total. The van der Waals surface area contributed by atoms with Crippen LogP contribution in [-0.4, -0.2) is 13.1 Å². The molecule has 1 nitrogen and oxygen atoms in total. The van der Waals surface area contributed by atoms with Crippen LogP contribution in [0.1, 0.15) is 38.0 Å². The van der Waals surface area contributed by atoms with Crippen molar-refractivity contribution >= 4 is 27.3 Å². The average molecular weight is 330 g/mol. The standard InChI is InChI=1S/C15H24BrNS/c1-3-17-9-12-5-4-11(2)6-13(12)7-15-8-14(16)10-18-15/h8,10-13,17H,3-7,9H2,1-2H3. The van der Waals surface area contributed by atoms with E-state index in [1.165, 1.54) is 36.7 Å². The molecule has 3 heteroatoms. The zero-order valence-electron chi connectivity index (χ0n) is 11.4. The Labute approximate surface area is 123 Å². The molecule has 0 aliphatic heterocycles. The summed E-state index contributed by atoms with van der Waals surface area (Å²) < 4.78 is 1.24. The van der Waals surface area contributed by atoms with Crippen LogP contribution in [0.2, 0.25) is 0 Å². The maximum Gasteiger partial charge on any atom is 0.0285 e. The van der Waals surface area contributed by atoms with Crippen molar-refractivity contribution in [2.24, 2.45) is 17.8 Å². The summed E-state index contributed by atoms with van der Waals surface area (Å²) in [7, 11) is 0. The van der Waals surface area contributed by atoms with Crippen molar-refractivity contribution in [3.8, 4) is 0 Å². The van der Waals surface area contributed by atoms with Crippen LogP contribution in [0.3, 0.4) is 0 Å². The first-order valence-corrected chi connectivity index (χ1v) is 8.80. The topological polar surface area (TPSA) is 12.0 Å². The van der Waals surface area contributed by atoms with Crippen molar-refractivity contribution in [1.29, 1.82) is 0 Å². The number of nitrogens with one attached hydrogen (secondary N) is 1. The minimum Gasteiger partial charge on any atom is -0.317 e. The first-order chi connectivity index (χ1) is 8.69. The van der Waals surface area contributed by atoms with Crippen LogP contribution in [0.25, 0.3) is 0 Å². The summed E-state index contributed by atoms with van der Waals surface area (Å²) >= 11 is 5.47. The van der Waals surface area contributed by atoms with Gasteiger partial charge in [0, 0.05) is 14.7 Å². The lowest BCUT2D eigenvalue weighted by Gasteiger charge is -2.35. The number of thiophene rings is 1. The third-order valence-corrected chi connectivity index (χ3v) is 5.86. The molecular formula is C15H24BrNS. The van der Waals surface area contributed by atoms with E-state index in [1.807, 2.05) is 11.3 Å². The molecule has 1 aromatic rings. The molecule has 102 valence electrons. The van der Waals surface area contributed by atoms with E-state index in [0.717, 1.165) is 24.3 Å². The van der Waals surface area contributed by atoms with Gasteiger partial charge in [0.05, 0.1) is 0 Å². The molecule has 1 aliphatic rings. The molecule has 2 rings (SSSR count). The number of hydrogen-bond acceptors (Lipinski definition) is 2. The smallest absolute Gasteiger partial charge is 0.0285 e. The van der Waals surface area contributed by atoms with Crippen molar-refractivity contribution < 1.29 is 0 Å². The molecule has 1 fully saturated rings. The third kappa shape index (κ3) is 4.07. The second-order valence-electron chi connectivity index (χ2n) is 5.68. The van der Waals surface area contributed by atoms with Crippen LogP contribution in [-0.2, 0) is 6.42 Å². The van der Waals surface area contributed by atoms with Gasteiger partial charge in [-0.3, -0.25) is 0 Å². The van der Waals surface area contributed by atoms with Crippen molar-refractivity contribution in [3.05, 3.63) is 20.8 Å². The third-order valence-electron chi connectivity index (χ3n) is 4.14. The molecule has 0 spiro atoms. The van der Waals surface area contributed by atoms with Crippen molar-refractivity contribution in [2.45, 2.75) is 39.5 Å². The first kappa shape index (κ1) is 14.5.